The van der Waals surface area contributed by atoms with Crippen molar-refractivity contribution in [1.82, 2.24) is 0 Å². The lowest BCUT2D eigenvalue weighted by Gasteiger charge is -2.23. The fraction of sp³-hybridized carbons (Fsp3) is 0.500. The Hall–Kier alpha value is -0.700. The van der Waals surface area contributed by atoms with Gasteiger partial charge in [-0.15, -0.1) is 0 Å². The average molecular weight is 270 g/mol. The van der Waals surface area contributed by atoms with E-state index in [0.29, 0.717) is 6.10 Å². The van der Waals surface area contributed by atoms with Crippen LogP contribution in [0.5, 0.6) is 5.75 Å². The molecule has 0 atom stereocenters. The number of nitrogen functional groups attached to an aromatic ring is 1. The molecule has 1 aliphatic carbocycles. The first-order chi connectivity index (χ1) is 7.25. The zero-order valence-corrected chi connectivity index (χ0v) is 10.3. The van der Waals surface area contributed by atoms with Crippen LogP contribution in [0.15, 0.2) is 22.7 Å². The summed E-state index contributed by atoms with van der Waals surface area (Å²) < 4.78 is 6.93. The van der Waals surface area contributed by atoms with Crippen molar-refractivity contribution < 1.29 is 4.74 Å². The minimum atomic E-state index is 0.372. The van der Waals surface area contributed by atoms with Gasteiger partial charge in [0.15, 0.2) is 0 Å². The molecule has 0 radical (unpaired) electrons. The molecule has 15 heavy (non-hydrogen) atoms. The van der Waals surface area contributed by atoms with Gasteiger partial charge >= 0.3 is 0 Å². The molecule has 0 bridgehead atoms. The molecular weight excluding hydrogens is 254 g/mol. The molecule has 82 valence electrons. The Morgan fingerprint density at radius 2 is 1.93 bits per heavy atom. The molecule has 1 fully saturated rings. The molecule has 2 nitrogen and oxygen atoms in total. The van der Waals surface area contributed by atoms with E-state index in [1.165, 1.54) is 32.1 Å². The van der Waals surface area contributed by atoms with Crippen LogP contribution in [0, 0.1) is 0 Å². The van der Waals surface area contributed by atoms with Gasteiger partial charge in [0, 0.05) is 11.8 Å². The van der Waals surface area contributed by atoms with Crippen LogP contribution < -0.4 is 10.5 Å². The second kappa shape index (κ2) is 4.88. The monoisotopic (exact) mass is 269 g/mol. The third-order valence-corrected chi connectivity index (χ3v) is 3.46. The Morgan fingerprint density at radius 3 is 2.67 bits per heavy atom. The summed E-state index contributed by atoms with van der Waals surface area (Å²) in [6, 6.07) is 5.70. The van der Waals surface area contributed by atoms with E-state index >= 15 is 0 Å². The number of anilines is 1. The smallest absolute Gasteiger partial charge is 0.135 e. The zero-order chi connectivity index (χ0) is 10.7. The molecule has 3 heteroatoms. The van der Waals surface area contributed by atoms with Gasteiger partial charge < -0.3 is 10.5 Å². The van der Waals surface area contributed by atoms with E-state index in [2.05, 4.69) is 15.9 Å². The minimum absolute atomic E-state index is 0.372. The van der Waals surface area contributed by atoms with Gasteiger partial charge in [-0.1, -0.05) is 6.42 Å². The van der Waals surface area contributed by atoms with Gasteiger partial charge in [-0.05, 0) is 53.7 Å². The van der Waals surface area contributed by atoms with Crippen molar-refractivity contribution in [3.8, 4) is 5.75 Å². The van der Waals surface area contributed by atoms with Crippen LogP contribution >= 0.6 is 15.9 Å². The number of ether oxygens (including phenoxy) is 1. The molecule has 2 rings (SSSR count). The third kappa shape index (κ3) is 2.88. The van der Waals surface area contributed by atoms with E-state index in [0.717, 1.165) is 15.9 Å². The fourth-order valence-electron chi connectivity index (χ4n) is 1.97. The highest BCUT2D eigenvalue weighted by Crippen LogP contribution is 2.30. The molecule has 0 heterocycles. The van der Waals surface area contributed by atoms with Crippen LogP contribution in [0.1, 0.15) is 32.1 Å². The fourth-order valence-corrected chi connectivity index (χ4v) is 2.31. The maximum absolute atomic E-state index is 5.94. The first-order valence-corrected chi connectivity index (χ1v) is 6.27. The highest BCUT2D eigenvalue weighted by molar-refractivity contribution is 9.10. The lowest BCUT2D eigenvalue weighted by atomic mass is 9.98. The molecule has 0 amide bonds. The number of benzene rings is 1. The quantitative estimate of drug-likeness (QED) is 0.831. The molecule has 0 aliphatic heterocycles. The van der Waals surface area contributed by atoms with Crippen LogP contribution in [0.2, 0.25) is 0 Å². The Morgan fingerprint density at radius 1 is 1.20 bits per heavy atom. The largest absolute Gasteiger partial charge is 0.489 e. The summed E-state index contributed by atoms with van der Waals surface area (Å²) in [5.74, 6) is 0.877. The summed E-state index contributed by atoms with van der Waals surface area (Å²) in [6.45, 7) is 0. The van der Waals surface area contributed by atoms with Gasteiger partial charge in [0.1, 0.15) is 5.75 Å². The molecule has 0 aromatic heterocycles. The summed E-state index contributed by atoms with van der Waals surface area (Å²) in [4.78, 5) is 0. The van der Waals surface area contributed by atoms with Crippen LogP contribution in [-0.2, 0) is 0 Å². The van der Waals surface area contributed by atoms with Gasteiger partial charge in [-0.2, -0.15) is 0 Å². The summed E-state index contributed by atoms with van der Waals surface area (Å²) in [6.07, 6.45) is 6.62. The van der Waals surface area contributed by atoms with E-state index in [-0.39, 0.29) is 0 Å². The Balaban J connectivity index is 2.05. The third-order valence-electron chi connectivity index (χ3n) is 2.80. The summed E-state index contributed by atoms with van der Waals surface area (Å²) in [7, 11) is 0. The number of hydrogen-bond acceptors (Lipinski definition) is 2. The number of hydrogen-bond donors (Lipinski definition) is 1. The van der Waals surface area contributed by atoms with E-state index in [1.54, 1.807) is 0 Å². The Bertz CT molecular complexity index is 334. The first kappa shape index (κ1) is 10.8. The van der Waals surface area contributed by atoms with Crippen molar-refractivity contribution in [2.45, 2.75) is 38.2 Å². The highest BCUT2D eigenvalue weighted by Gasteiger charge is 2.15. The highest BCUT2D eigenvalue weighted by atomic mass is 79.9. The van der Waals surface area contributed by atoms with Gasteiger partial charge in [-0.3, -0.25) is 0 Å². The van der Waals surface area contributed by atoms with E-state index in [9.17, 15) is 0 Å². The maximum Gasteiger partial charge on any atom is 0.135 e. The van der Waals surface area contributed by atoms with E-state index < -0.39 is 0 Å². The second-order valence-electron chi connectivity index (χ2n) is 4.07. The Kier molecular flexibility index (Phi) is 3.52. The SMILES string of the molecule is Nc1ccc(Br)c(OC2CCCCC2)c1. The molecule has 2 N–H and O–H groups in total. The van der Waals surface area contributed by atoms with Gasteiger partial charge in [0.05, 0.1) is 10.6 Å². The van der Waals surface area contributed by atoms with Crippen LogP contribution in [-0.4, -0.2) is 6.10 Å². The van der Waals surface area contributed by atoms with Gasteiger partial charge in [0.25, 0.3) is 0 Å². The van der Waals surface area contributed by atoms with Crippen LogP contribution in [0.4, 0.5) is 5.69 Å². The van der Waals surface area contributed by atoms with Crippen molar-refractivity contribution in [2.24, 2.45) is 0 Å². The first-order valence-electron chi connectivity index (χ1n) is 5.47. The van der Waals surface area contributed by atoms with Crippen molar-refractivity contribution in [3.05, 3.63) is 22.7 Å². The summed E-state index contributed by atoms with van der Waals surface area (Å²) >= 11 is 3.48. The maximum atomic E-state index is 5.94. The number of nitrogens with two attached hydrogens (primary N) is 1. The molecular formula is C12H16BrNO. The molecule has 1 aliphatic rings. The summed E-state index contributed by atoms with van der Waals surface area (Å²) in [5.41, 5.74) is 6.49. The molecule has 0 unspecified atom stereocenters. The lowest BCUT2D eigenvalue weighted by molar-refractivity contribution is 0.154. The van der Waals surface area contributed by atoms with Crippen LogP contribution in [0.3, 0.4) is 0 Å². The predicted octanol–water partition coefficient (Wildman–Crippen LogP) is 3.74. The molecule has 1 aromatic rings. The minimum Gasteiger partial charge on any atom is -0.489 e. The molecule has 1 aromatic carbocycles. The lowest BCUT2D eigenvalue weighted by Crippen LogP contribution is -2.19. The Labute approximate surface area is 98.9 Å². The van der Waals surface area contributed by atoms with Crippen molar-refractivity contribution >= 4 is 21.6 Å². The normalized spacial score (nSPS) is 17.7. The topological polar surface area (TPSA) is 35.2 Å². The molecule has 0 saturated heterocycles. The number of halogens is 1. The predicted molar refractivity (Wildman–Crippen MR) is 66.1 cm³/mol. The van der Waals surface area contributed by atoms with Crippen molar-refractivity contribution in [1.29, 1.82) is 0 Å². The second-order valence-corrected chi connectivity index (χ2v) is 4.92. The van der Waals surface area contributed by atoms with E-state index in [4.69, 9.17) is 10.5 Å². The van der Waals surface area contributed by atoms with Gasteiger partial charge in [-0.25, -0.2) is 0 Å². The van der Waals surface area contributed by atoms with Gasteiger partial charge in [0.2, 0.25) is 0 Å². The van der Waals surface area contributed by atoms with Crippen LogP contribution in [0.25, 0.3) is 0 Å². The van der Waals surface area contributed by atoms with Crippen molar-refractivity contribution in [2.75, 3.05) is 5.73 Å². The molecule has 0 spiro atoms. The van der Waals surface area contributed by atoms with E-state index in [1.807, 2.05) is 18.2 Å². The molecule has 1 saturated carbocycles. The van der Waals surface area contributed by atoms with Crippen molar-refractivity contribution in [3.63, 3.8) is 0 Å². The average Bonchev–Trinajstić information content (AvgIpc) is 2.25. The standard InChI is InChI=1S/C12H16BrNO/c13-11-7-6-9(14)8-12(11)15-10-4-2-1-3-5-10/h6-8,10H,1-5,14H2. The summed E-state index contributed by atoms with van der Waals surface area (Å²) in [5, 5.41) is 0. The zero-order valence-electron chi connectivity index (χ0n) is 8.71. The number of rotatable bonds is 2.